The fourth-order valence-electron chi connectivity index (χ4n) is 2.31. The number of rotatable bonds is 18. The molecule has 1 rings (SSSR count). The Hall–Kier alpha value is -1.83. The summed E-state index contributed by atoms with van der Waals surface area (Å²) < 4.78 is 21.2. The molecule has 0 saturated carbocycles. The Bertz CT molecular complexity index is 507. The van der Waals surface area contributed by atoms with Gasteiger partial charge in [-0.3, -0.25) is 9.59 Å². The molecule has 12 heteroatoms. The predicted octanol–water partition coefficient (Wildman–Crippen LogP) is -1.69. The Balaban J connectivity index is 1.79. The molecule has 0 aromatic carbocycles. The van der Waals surface area contributed by atoms with Crippen molar-refractivity contribution >= 4 is 17.8 Å². The number of amides is 2. The number of aliphatic hydroxyl groups is 1. The number of nitrogens with zero attached hydrogens (tertiary/aromatic N) is 1. The highest BCUT2D eigenvalue weighted by Gasteiger charge is 2.32. The first-order chi connectivity index (χ1) is 14.5. The SMILES string of the molecule is NCCC(=O)NCCOCCOCCOCCOCCC(=O)ON1C(=O)CCC1O. The first kappa shape index (κ1) is 26.2. The van der Waals surface area contributed by atoms with Gasteiger partial charge in [0, 0.05) is 32.4 Å². The zero-order valence-corrected chi connectivity index (χ0v) is 17.2. The summed E-state index contributed by atoms with van der Waals surface area (Å²) in [6.07, 6.45) is -0.373. The van der Waals surface area contributed by atoms with E-state index >= 15 is 0 Å². The average Bonchev–Trinajstić information content (AvgIpc) is 3.03. The van der Waals surface area contributed by atoms with Crippen LogP contribution in [0.15, 0.2) is 0 Å². The molecular weight excluding hydrogens is 402 g/mol. The fraction of sp³-hybridized carbons (Fsp3) is 0.833. The Morgan fingerprint density at radius 3 is 2.07 bits per heavy atom. The lowest BCUT2D eigenvalue weighted by Gasteiger charge is -2.18. The third kappa shape index (κ3) is 12.7. The van der Waals surface area contributed by atoms with E-state index in [-0.39, 0.29) is 31.8 Å². The van der Waals surface area contributed by atoms with Crippen LogP contribution in [0.3, 0.4) is 0 Å². The van der Waals surface area contributed by atoms with Crippen LogP contribution in [0.25, 0.3) is 0 Å². The molecule has 4 N–H and O–H groups in total. The molecule has 1 atom stereocenters. The summed E-state index contributed by atoms with van der Waals surface area (Å²) in [4.78, 5) is 38.9. The van der Waals surface area contributed by atoms with Crippen molar-refractivity contribution in [1.29, 1.82) is 0 Å². The maximum atomic E-state index is 11.6. The van der Waals surface area contributed by atoms with Crippen LogP contribution in [0, 0.1) is 0 Å². The van der Waals surface area contributed by atoms with Crippen molar-refractivity contribution in [2.75, 3.05) is 65.9 Å². The van der Waals surface area contributed by atoms with Crippen molar-refractivity contribution in [3.63, 3.8) is 0 Å². The molecule has 0 aromatic heterocycles. The Morgan fingerprint density at radius 2 is 1.53 bits per heavy atom. The van der Waals surface area contributed by atoms with Gasteiger partial charge in [-0.25, -0.2) is 4.79 Å². The molecule has 0 bridgehead atoms. The van der Waals surface area contributed by atoms with Crippen LogP contribution in [0.5, 0.6) is 0 Å². The maximum absolute atomic E-state index is 11.6. The van der Waals surface area contributed by atoms with Gasteiger partial charge in [0.15, 0.2) is 6.23 Å². The van der Waals surface area contributed by atoms with Crippen molar-refractivity contribution in [2.45, 2.75) is 31.9 Å². The van der Waals surface area contributed by atoms with E-state index in [1.165, 1.54) is 0 Å². The van der Waals surface area contributed by atoms with Crippen LogP contribution < -0.4 is 11.1 Å². The molecule has 0 aromatic rings. The summed E-state index contributed by atoms with van der Waals surface area (Å²) in [5.41, 5.74) is 5.26. The summed E-state index contributed by atoms with van der Waals surface area (Å²) in [5, 5.41) is 12.9. The van der Waals surface area contributed by atoms with E-state index in [2.05, 4.69) is 5.32 Å². The minimum atomic E-state index is -1.07. The van der Waals surface area contributed by atoms with Crippen molar-refractivity contribution in [3.05, 3.63) is 0 Å². The summed E-state index contributed by atoms with van der Waals surface area (Å²) in [7, 11) is 0. The van der Waals surface area contributed by atoms with Crippen molar-refractivity contribution in [3.8, 4) is 0 Å². The quantitative estimate of drug-likeness (QED) is 0.212. The van der Waals surface area contributed by atoms with Crippen LogP contribution in [0.2, 0.25) is 0 Å². The highest BCUT2D eigenvalue weighted by molar-refractivity contribution is 5.79. The molecule has 1 fully saturated rings. The molecule has 1 unspecified atom stereocenters. The molecule has 0 radical (unpaired) electrons. The number of nitrogens with two attached hydrogens (primary N) is 1. The van der Waals surface area contributed by atoms with Crippen LogP contribution in [0.4, 0.5) is 0 Å². The van der Waals surface area contributed by atoms with Crippen LogP contribution in [0.1, 0.15) is 25.7 Å². The first-order valence-electron chi connectivity index (χ1n) is 10.0. The minimum Gasteiger partial charge on any atom is -0.378 e. The lowest BCUT2D eigenvalue weighted by Crippen LogP contribution is -2.35. The third-order valence-electron chi connectivity index (χ3n) is 3.84. The zero-order chi connectivity index (χ0) is 22.0. The van der Waals surface area contributed by atoms with Gasteiger partial charge in [-0.05, 0) is 0 Å². The van der Waals surface area contributed by atoms with Crippen LogP contribution in [-0.4, -0.2) is 100 Å². The number of aliphatic hydroxyl groups excluding tert-OH is 1. The summed E-state index contributed by atoms with van der Waals surface area (Å²) >= 11 is 0. The largest absolute Gasteiger partial charge is 0.378 e. The molecule has 0 spiro atoms. The zero-order valence-electron chi connectivity index (χ0n) is 17.2. The molecule has 1 aliphatic rings. The van der Waals surface area contributed by atoms with Gasteiger partial charge in [0.05, 0.1) is 59.3 Å². The third-order valence-corrected chi connectivity index (χ3v) is 3.84. The standard InChI is InChI=1S/C18H33N3O9/c19-5-3-15(22)20-6-8-27-10-12-29-14-13-28-11-9-26-7-4-18(25)30-21-16(23)1-2-17(21)24/h16,23H,1-14,19H2,(H,20,22). The molecule has 1 heterocycles. The fourth-order valence-corrected chi connectivity index (χ4v) is 2.31. The number of nitrogens with one attached hydrogen (secondary N) is 1. The topological polar surface area (TPSA) is 159 Å². The van der Waals surface area contributed by atoms with Crippen LogP contribution in [-0.2, 0) is 38.2 Å². The van der Waals surface area contributed by atoms with Gasteiger partial charge >= 0.3 is 5.97 Å². The second kappa shape index (κ2) is 16.9. The Morgan fingerprint density at radius 1 is 0.967 bits per heavy atom. The molecule has 174 valence electrons. The number of carbonyl (C=O) groups excluding carboxylic acids is 3. The summed E-state index contributed by atoms with van der Waals surface area (Å²) in [6, 6.07) is 0. The molecule has 12 nitrogen and oxygen atoms in total. The van der Waals surface area contributed by atoms with E-state index in [1.54, 1.807) is 0 Å². The highest BCUT2D eigenvalue weighted by atomic mass is 16.7. The van der Waals surface area contributed by atoms with E-state index < -0.39 is 18.1 Å². The van der Waals surface area contributed by atoms with Gasteiger partial charge in [0.1, 0.15) is 0 Å². The molecule has 1 saturated heterocycles. The molecule has 0 aliphatic carbocycles. The second-order valence-corrected chi connectivity index (χ2v) is 6.29. The average molecular weight is 435 g/mol. The number of carbonyl (C=O) groups is 3. The predicted molar refractivity (Wildman–Crippen MR) is 103 cm³/mol. The smallest absolute Gasteiger partial charge is 0.334 e. The number of hydrogen-bond donors (Lipinski definition) is 3. The first-order valence-corrected chi connectivity index (χ1v) is 10.0. The van der Waals surface area contributed by atoms with Gasteiger partial charge in [0.2, 0.25) is 5.91 Å². The Kier molecular flexibility index (Phi) is 14.8. The van der Waals surface area contributed by atoms with Crippen molar-refractivity contribution < 1.29 is 43.3 Å². The van der Waals surface area contributed by atoms with E-state index in [9.17, 15) is 19.5 Å². The Labute approximate surface area is 175 Å². The highest BCUT2D eigenvalue weighted by Crippen LogP contribution is 2.16. The van der Waals surface area contributed by atoms with E-state index in [4.69, 9.17) is 29.5 Å². The molecular formula is C18H33N3O9. The monoisotopic (exact) mass is 435 g/mol. The molecule has 2 amide bonds. The van der Waals surface area contributed by atoms with Gasteiger partial charge in [-0.15, -0.1) is 5.06 Å². The van der Waals surface area contributed by atoms with Gasteiger partial charge < -0.3 is 39.9 Å². The van der Waals surface area contributed by atoms with Gasteiger partial charge in [0.25, 0.3) is 5.91 Å². The molecule has 1 aliphatic heterocycles. The number of ether oxygens (including phenoxy) is 4. The number of hydrogen-bond acceptors (Lipinski definition) is 10. The van der Waals surface area contributed by atoms with Gasteiger partial charge in [-0.2, -0.15) is 0 Å². The van der Waals surface area contributed by atoms with E-state index in [0.717, 1.165) is 0 Å². The maximum Gasteiger partial charge on any atom is 0.334 e. The lowest BCUT2D eigenvalue weighted by molar-refractivity contribution is -0.221. The van der Waals surface area contributed by atoms with Crippen molar-refractivity contribution in [2.24, 2.45) is 5.73 Å². The minimum absolute atomic E-state index is 0.0314. The number of hydroxylamine groups is 2. The molecule has 30 heavy (non-hydrogen) atoms. The normalized spacial score (nSPS) is 16.1. The second-order valence-electron chi connectivity index (χ2n) is 6.29. The van der Waals surface area contributed by atoms with Gasteiger partial charge in [-0.1, -0.05) is 0 Å². The summed E-state index contributed by atoms with van der Waals surface area (Å²) in [5.74, 6) is -1.14. The van der Waals surface area contributed by atoms with E-state index in [0.29, 0.717) is 70.8 Å². The summed E-state index contributed by atoms with van der Waals surface area (Å²) in [6.45, 7) is 3.62. The lowest BCUT2D eigenvalue weighted by atomic mass is 10.4. The van der Waals surface area contributed by atoms with Crippen molar-refractivity contribution in [1.82, 2.24) is 10.4 Å². The van der Waals surface area contributed by atoms with Crippen LogP contribution >= 0.6 is 0 Å². The van der Waals surface area contributed by atoms with E-state index in [1.807, 2.05) is 0 Å².